The molecule has 2 aromatic rings. The fraction of sp³-hybridized carbons (Fsp3) is 0.308. The van der Waals surface area contributed by atoms with E-state index in [0.29, 0.717) is 10.6 Å². The van der Waals surface area contributed by atoms with E-state index in [0.717, 1.165) is 10.1 Å². The first-order valence-corrected chi connectivity index (χ1v) is 9.38. The van der Waals surface area contributed by atoms with Gasteiger partial charge in [0, 0.05) is 16.4 Å². The summed E-state index contributed by atoms with van der Waals surface area (Å²) < 4.78 is 18.7. The van der Waals surface area contributed by atoms with Crippen molar-refractivity contribution >= 4 is 46.4 Å². The van der Waals surface area contributed by atoms with Crippen molar-refractivity contribution in [1.82, 2.24) is 0 Å². The van der Waals surface area contributed by atoms with Crippen LogP contribution in [0.1, 0.15) is 18.1 Å². The number of thiophene rings is 1. The largest absolute Gasteiger partial charge is 0.480 e. The Morgan fingerprint density at radius 1 is 1.55 bits per heavy atom. The Balaban J connectivity index is 2.61. The average molecular weight is 333 g/mol. The molecule has 0 bridgehead atoms. The van der Waals surface area contributed by atoms with Crippen LogP contribution in [-0.2, 0) is 13.9 Å². The Bertz CT molecular complexity index is 697. The van der Waals surface area contributed by atoms with Crippen LogP contribution in [0.15, 0.2) is 23.6 Å². The van der Waals surface area contributed by atoms with Gasteiger partial charge in [0.15, 0.2) is 5.66 Å². The first-order valence-electron chi connectivity index (χ1n) is 5.98. The molecular formula is C13H14ClO4PS. The van der Waals surface area contributed by atoms with Gasteiger partial charge in [-0.15, -0.1) is 11.3 Å². The monoisotopic (exact) mass is 332 g/mol. The van der Waals surface area contributed by atoms with Gasteiger partial charge in [-0.05, 0) is 41.5 Å². The van der Waals surface area contributed by atoms with E-state index in [9.17, 15) is 14.5 Å². The van der Waals surface area contributed by atoms with E-state index >= 15 is 0 Å². The number of benzene rings is 1. The summed E-state index contributed by atoms with van der Waals surface area (Å²) in [4.78, 5) is 11.6. The Morgan fingerprint density at radius 2 is 2.25 bits per heavy atom. The first kappa shape index (κ1) is 15.5. The van der Waals surface area contributed by atoms with Gasteiger partial charge in [-0.1, -0.05) is 11.6 Å². The second kappa shape index (κ2) is 5.86. The van der Waals surface area contributed by atoms with Crippen LogP contribution in [0.25, 0.3) is 10.1 Å². The number of carbonyl (C=O) groups is 1. The number of carboxylic acids is 1. The van der Waals surface area contributed by atoms with E-state index in [4.69, 9.17) is 16.1 Å². The normalized spacial score (nSPS) is 15.9. The standard InChI is InChI=1S/C13H14ClO4PS/c1-3-18-19(2,17)12(13(15)16)10-7-20-11-5-4-8(14)6-9(10)11/h4-7,12H,3H2,1-2H3,(H,15,16)/t12-,19+/m1/s1. The third-order valence-electron chi connectivity index (χ3n) is 2.95. The molecule has 0 fully saturated rings. The van der Waals surface area contributed by atoms with E-state index in [2.05, 4.69) is 0 Å². The molecular weight excluding hydrogens is 319 g/mol. The summed E-state index contributed by atoms with van der Waals surface area (Å²) >= 11 is 7.37. The molecule has 0 aliphatic rings. The molecule has 2 rings (SSSR count). The van der Waals surface area contributed by atoms with E-state index in [-0.39, 0.29) is 6.61 Å². The third-order valence-corrected chi connectivity index (χ3v) is 6.37. The number of halogens is 1. The maximum atomic E-state index is 12.6. The van der Waals surface area contributed by atoms with Crippen LogP contribution >= 0.6 is 30.3 Å². The molecule has 0 aliphatic carbocycles. The summed E-state index contributed by atoms with van der Waals surface area (Å²) in [5.74, 6) is -1.15. The fourth-order valence-electron chi connectivity index (χ4n) is 2.15. The van der Waals surface area contributed by atoms with Crippen LogP contribution < -0.4 is 0 Å². The summed E-state index contributed by atoms with van der Waals surface area (Å²) in [7, 11) is -3.30. The molecule has 7 heteroatoms. The van der Waals surface area contributed by atoms with Gasteiger partial charge in [0.25, 0.3) is 0 Å². The minimum Gasteiger partial charge on any atom is -0.480 e. The molecule has 0 aliphatic heterocycles. The van der Waals surface area contributed by atoms with Crippen molar-refractivity contribution in [1.29, 1.82) is 0 Å². The number of hydrogen-bond acceptors (Lipinski definition) is 4. The van der Waals surface area contributed by atoms with Crippen molar-refractivity contribution in [3.63, 3.8) is 0 Å². The smallest absolute Gasteiger partial charge is 0.320 e. The lowest BCUT2D eigenvalue weighted by molar-refractivity contribution is -0.136. The van der Waals surface area contributed by atoms with Gasteiger partial charge in [-0.25, -0.2) is 0 Å². The minimum absolute atomic E-state index is 0.209. The Hall–Kier alpha value is -0.870. The molecule has 20 heavy (non-hydrogen) atoms. The maximum absolute atomic E-state index is 12.6. The fourth-order valence-corrected chi connectivity index (χ4v) is 5.17. The molecule has 0 amide bonds. The van der Waals surface area contributed by atoms with Gasteiger partial charge in [-0.2, -0.15) is 0 Å². The van der Waals surface area contributed by atoms with E-state index in [1.165, 1.54) is 18.0 Å². The average Bonchev–Trinajstić information content (AvgIpc) is 2.71. The zero-order valence-electron chi connectivity index (χ0n) is 11.0. The zero-order chi connectivity index (χ0) is 14.9. The molecule has 0 radical (unpaired) electrons. The molecule has 0 saturated heterocycles. The number of rotatable bonds is 5. The van der Waals surface area contributed by atoms with Crippen molar-refractivity contribution in [3.05, 3.63) is 34.2 Å². The number of aliphatic carboxylic acids is 1. The van der Waals surface area contributed by atoms with Crippen molar-refractivity contribution in [2.24, 2.45) is 0 Å². The lowest BCUT2D eigenvalue weighted by Gasteiger charge is -2.20. The predicted molar refractivity (Wildman–Crippen MR) is 82.4 cm³/mol. The molecule has 2 atom stereocenters. The van der Waals surface area contributed by atoms with E-state index in [1.807, 2.05) is 6.07 Å². The second-order valence-corrected chi connectivity index (χ2v) is 8.34. The van der Waals surface area contributed by atoms with Crippen molar-refractivity contribution in [2.75, 3.05) is 13.3 Å². The second-order valence-electron chi connectivity index (χ2n) is 4.40. The van der Waals surface area contributed by atoms with E-state index < -0.39 is 19.0 Å². The SMILES string of the molecule is CCO[P@](C)(=O)[C@@H](C(=O)O)c1csc2ccc(Cl)cc12. The molecule has 4 nitrogen and oxygen atoms in total. The van der Waals surface area contributed by atoms with Crippen LogP contribution in [0.4, 0.5) is 0 Å². The lowest BCUT2D eigenvalue weighted by Crippen LogP contribution is -2.13. The molecule has 1 aromatic carbocycles. The summed E-state index contributed by atoms with van der Waals surface area (Å²) in [6.07, 6.45) is 0. The molecule has 108 valence electrons. The maximum Gasteiger partial charge on any atom is 0.320 e. The Kier molecular flexibility index (Phi) is 4.55. The van der Waals surface area contributed by atoms with Crippen LogP contribution in [0, 0.1) is 0 Å². The van der Waals surface area contributed by atoms with Gasteiger partial charge in [0.1, 0.15) is 0 Å². The topological polar surface area (TPSA) is 63.6 Å². The van der Waals surface area contributed by atoms with Crippen molar-refractivity contribution in [2.45, 2.75) is 12.6 Å². The van der Waals surface area contributed by atoms with Gasteiger partial charge in [-0.3, -0.25) is 9.36 Å². The molecule has 0 saturated carbocycles. The van der Waals surface area contributed by atoms with E-state index in [1.54, 1.807) is 24.4 Å². The van der Waals surface area contributed by atoms with Crippen molar-refractivity contribution < 1.29 is 19.0 Å². The van der Waals surface area contributed by atoms with Gasteiger partial charge >= 0.3 is 5.97 Å². The van der Waals surface area contributed by atoms with Crippen LogP contribution in [0.2, 0.25) is 5.02 Å². The highest BCUT2D eigenvalue weighted by atomic mass is 35.5. The summed E-state index contributed by atoms with van der Waals surface area (Å²) in [5, 5.41) is 12.4. The highest BCUT2D eigenvalue weighted by Crippen LogP contribution is 2.58. The molecule has 0 spiro atoms. The van der Waals surface area contributed by atoms with Crippen LogP contribution in [-0.4, -0.2) is 24.3 Å². The summed E-state index contributed by atoms with van der Waals surface area (Å²) in [6.45, 7) is 3.27. The highest BCUT2D eigenvalue weighted by Gasteiger charge is 2.38. The minimum atomic E-state index is -3.30. The Morgan fingerprint density at radius 3 is 2.85 bits per heavy atom. The predicted octanol–water partition coefficient (Wildman–Crippen LogP) is 4.62. The van der Waals surface area contributed by atoms with Crippen LogP contribution in [0.3, 0.4) is 0 Å². The first-order chi connectivity index (χ1) is 9.36. The van der Waals surface area contributed by atoms with Gasteiger partial charge in [0.05, 0.1) is 6.61 Å². The lowest BCUT2D eigenvalue weighted by atomic mass is 10.1. The molecule has 1 heterocycles. The summed E-state index contributed by atoms with van der Waals surface area (Å²) in [6, 6.07) is 5.27. The van der Waals surface area contributed by atoms with Gasteiger partial charge < -0.3 is 9.63 Å². The van der Waals surface area contributed by atoms with Crippen molar-refractivity contribution in [3.8, 4) is 0 Å². The Labute approximate surface area is 125 Å². The number of carboxylic acid groups (broad SMARTS) is 1. The number of fused-ring (bicyclic) bond motifs is 1. The third kappa shape index (κ3) is 2.91. The van der Waals surface area contributed by atoms with Gasteiger partial charge in [0.2, 0.25) is 7.37 Å². The number of hydrogen-bond donors (Lipinski definition) is 1. The highest BCUT2D eigenvalue weighted by molar-refractivity contribution is 7.59. The molecule has 0 unspecified atom stereocenters. The molecule has 1 N–H and O–H groups in total. The quantitative estimate of drug-likeness (QED) is 0.811. The zero-order valence-corrected chi connectivity index (χ0v) is 13.5. The van der Waals surface area contributed by atoms with Crippen LogP contribution in [0.5, 0.6) is 0 Å². The summed E-state index contributed by atoms with van der Waals surface area (Å²) in [5.41, 5.74) is -0.672. The molecule has 1 aromatic heterocycles.